The smallest absolute Gasteiger partial charge is 0.242 e. The van der Waals surface area contributed by atoms with Gasteiger partial charge in [-0.05, 0) is 48.2 Å². The second-order valence-electron chi connectivity index (χ2n) is 7.34. The van der Waals surface area contributed by atoms with E-state index in [9.17, 15) is 14.0 Å². The third-order valence-corrected chi connectivity index (χ3v) is 6.13. The lowest BCUT2D eigenvalue weighted by atomic mass is 10.1. The summed E-state index contributed by atoms with van der Waals surface area (Å²) in [6, 6.07) is 13.0. The summed E-state index contributed by atoms with van der Waals surface area (Å²) < 4.78 is 13.3. The number of hydrogen-bond donors (Lipinski definition) is 1. The summed E-state index contributed by atoms with van der Waals surface area (Å²) in [6.07, 6.45) is 2.38. The Morgan fingerprint density at radius 1 is 1.06 bits per heavy atom. The topological polar surface area (TPSA) is 49.4 Å². The Balaban J connectivity index is 2.08. The Morgan fingerprint density at radius 3 is 2.32 bits per heavy atom. The number of unbranched alkanes of at least 4 members (excludes halogenated alkanes) is 1. The molecule has 2 aromatic rings. The van der Waals surface area contributed by atoms with Crippen molar-refractivity contribution < 1.29 is 14.0 Å². The zero-order valence-corrected chi connectivity index (χ0v) is 19.6. The number of amides is 2. The highest BCUT2D eigenvalue weighted by Crippen LogP contribution is 2.19. The number of rotatable bonds is 12. The summed E-state index contributed by atoms with van der Waals surface area (Å²) in [5, 5.41) is 3.62. The van der Waals surface area contributed by atoms with E-state index in [-0.39, 0.29) is 29.9 Å². The molecule has 0 aliphatic heterocycles. The standard InChI is InChI=1S/C24H30ClFN2O2S/c1-3-5-14-27-24(30)22(4-2)28(15-18-8-12-21(26)13-9-18)23(29)17-31-16-19-6-10-20(25)11-7-19/h6-13,22H,3-5,14-17H2,1-2H3,(H,27,30)/t22-/m0/s1. The van der Waals surface area contributed by atoms with Crippen LogP contribution in [0.25, 0.3) is 0 Å². The van der Waals surface area contributed by atoms with E-state index in [0.29, 0.717) is 23.7 Å². The van der Waals surface area contributed by atoms with Gasteiger partial charge in [0.25, 0.3) is 0 Å². The van der Waals surface area contributed by atoms with E-state index >= 15 is 0 Å². The summed E-state index contributed by atoms with van der Waals surface area (Å²) in [5.74, 6) is 0.342. The molecule has 0 aromatic heterocycles. The highest BCUT2D eigenvalue weighted by atomic mass is 35.5. The van der Waals surface area contributed by atoms with Crippen LogP contribution in [0.1, 0.15) is 44.2 Å². The van der Waals surface area contributed by atoms with Gasteiger partial charge in [-0.15, -0.1) is 11.8 Å². The van der Waals surface area contributed by atoms with Crippen molar-refractivity contribution in [3.8, 4) is 0 Å². The molecule has 31 heavy (non-hydrogen) atoms. The van der Waals surface area contributed by atoms with Gasteiger partial charge in [-0.3, -0.25) is 9.59 Å². The quantitative estimate of drug-likeness (QED) is 0.426. The van der Waals surface area contributed by atoms with Crippen molar-refractivity contribution in [1.29, 1.82) is 0 Å². The first-order chi connectivity index (χ1) is 14.9. The molecular weight excluding hydrogens is 435 g/mol. The lowest BCUT2D eigenvalue weighted by molar-refractivity contribution is -0.139. The highest BCUT2D eigenvalue weighted by Gasteiger charge is 2.28. The van der Waals surface area contributed by atoms with Gasteiger partial charge in [-0.1, -0.05) is 56.1 Å². The monoisotopic (exact) mass is 464 g/mol. The largest absolute Gasteiger partial charge is 0.354 e. The first-order valence-electron chi connectivity index (χ1n) is 10.6. The minimum atomic E-state index is -0.564. The fourth-order valence-corrected chi connectivity index (χ4v) is 4.13. The second-order valence-corrected chi connectivity index (χ2v) is 8.76. The van der Waals surface area contributed by atoms with Crippen LogP contribution in [-0.2, 0) is 21.9 Å². The van der Waals surface area contributed by atoms with Crippen molar-refractivity contribution in [2.24, 2.45) is 0 Å². The molecule has 0 spiro atoms. The molecule has 0 fully saturated rings. The van der Waals surface area contributed by atoms with E-state index in [2.05, 4.69) is 12.2 Å². The molecule has 7 heteroatoms. The molecule has 0 saturated heterocycles. The van der Waals surface area contributed by atoms with E-state index in [4.69, 9.17) is 11.6 Å². The van der Waals surface area contributed by atoms with E-state index < -0.39 is 6.04 Å². The van der Waals surface area contributed by atoms with Crippen LogP contribution in [0, 0.1) is 5.82 Å². The van der Waals surface area contributed by atoms with Crippen LogP contribution in [-0.4, -0.2) is 35.1 Å². The zero-order valence-electron chi connectivity index (χ0n) is 18.1. The van der Waals surface area contributed by atoms with Crippen LogP contribution in [0.2, 0.25) is 5.02 Å². The van der Waals surface area contributed by atoms with E-state index in [1.807, 2.05) is 31.2 Å². The average Bonchev–Trinajstić information content (AvgIpc) is 2.76. The fraction of sp³-hybridized carbons (Fsp3) is 0.417. The lowest BCUT2D eigenvalue weighted by Gasteiger charge is -2.30. The Kier molecular flexibility index (Phi) is 10.9. The summed E-state index contributed by atoms with van der Waals surface area (Å²) in [7, 11) is 0. The third-order valence-electron chi connectivity index (χ3n) is 4.89. The van der Waals surface area contributed by atoms with Gasteiger partial charge in [-0.2, -0.15) is 0 Å². The molecule has 2 rings (SSSR count). The predicted molar refractivity (Wildman–Crippen MR) is 127 cm³/mol. The molecule has 2 amide bonds. The molecule has 4 nitrogen and oxygen atoms in total. The minimum absolute atomic E-state index is 0.110. The van der Waals surface area contributed by atoms with Gasteiger partial charge in [0.2, 0.25) is 11.8 Å². The summed E-state index contributed by atoms with van der Waals surface area (Å²) >= 11 is 7.42. The van der Waals surface area contributed by atoms with Crippen LogP contribution >= 0.6 is 23.4 Å². The third kappa shape index (κ3) is 8.54. The van der Waals surface area contributed by atoms with Gasteiger partial charge in [0, 0.05) is 23.9 Å². The minimum Gasteiger partial charge on any atom is -0.354 e. The molecule has 0 radical (unpaired) electrons. The normalized spacial score (nSPS) is 11.7. The summed E-state index contributed by atoms with van der Waals surface area (Å²) in [4.78, 5) is 27.5. The first-order valence-corrected chi connectivity index (χ1v) is 12.1. The number of thioether (sulfide) groups is 1. The number of hydrogen-bond acceptors (Lipinski definition) is 3. The van der Waals surface area contributed by atoms with E-state index in [0.717, 1.165) is 24.0 Å². The fourth-order valence-electron chi connectivity index (χ4n) is 3.13. The molecule has 1 N–H and O–H groups in total. The molecule has 168 valence electrons. The Hall–Kier alpha value is -2.05. The van der Waals surface area contributed by atoms with Crippen molar-refractivity contribution in [1.82, 2.24) is 10.2 Å². The molecular formula is C24H30ClFN2O2S. The van der Waals surface area contributed by atoms with Crippen LogP contribution < -0.4 is 5.32 Å². The number of nitrogens with one attached hydrogen (secondary N) is 1. The molecule has 0 aliphatic rings. The van der Waals surface area contributed by atoms with Gasteiger partial charge >= 0.3 is 0 Å². The summed E-state index contributed by atoms with van der Waals surface area (Å²) in [5.41, 5.74) is 1.87. The van der Waals surface area contributed by atoms with Gasteiger partial charge in [-0.25, -0.2) is 4.39 Å². The maximum Gasteiger partial charge on any atom is 0.242 e. The predicted octanol–water partition coefficient (Wildman–Crippen LogP) is 5.44. The Labute approximate surface area is 193 Å². The zero-order chi connectivity index (χ0) is 22.6. The van der Waals surface area contributed by atoms with Gasteiger partial charge in [0.1, 0.15) is 11.9 Å². The molecule has 0 saturated carbocycles. The molecule has 1 atom stereocenters. The number of nitrogens with zero attached hydrogens (tertiary/aromatic N) is 1. The SMILES string of the molecule is CCCCNC(=O)[C@H](CC)N(Cc1ccc(F)cc1)C(=O)CSCc1ccc(Cl)cc1. The van der Waals surface area contributed by atoms with Crippen LogP contribution in [0.5, 0.6) is 0 Å². The van der Waals surface area contributed by atoms with Crippen LogP contribution in [0.4, 0.5) is 4.39 Å². The molecule has 0 heterocycles. The Bertz CT molecular complexity index is 830. The van der Waals surface area contributed by atoms with Crippen molar-refractivity contribution in [3.63, 3.8) is 0 Å². The van der Waals surface area contributed by atoms with Crippen LogP contribution in [0.3, 0.4) is 0 Å². The number of carbonyl (C=O) groups excluding carboxylic acids is 2. The number of halogens is 2. The van der Waals surface area contributed by atoms with Gasteiger partial charge in [0.15, 0.2) is 0 Å². The summed E-state index contributed by atoms with van der Waals surface area (Å²) in [6.45, 7) is 4.82. The van der Waals surface area contributed by atoms with Crippen molar-refractivity contribution >= 4 is 35.2 Å². The molecule has 0 bridgehead atoms. The second kappa shape index (κ2) is 13.4. The number of benzene rings is 2. The first kappa shape index (κ1) is 25.2. The molecule has 0 aliphatic carbocycles. The Morgan fingerprint density at radius 2 is 1.71 bits per heavy atom. The maximum atomic E-state index is 13.3. The van der Waals surface area contributed by atoms with Crippen molar-refractivity contribution in [2.75, 3.05) is 12.3 Å². The van der Waals surface area contributed by atoms with Crippen molar-refractivity contribution in [3.05, 3.63) is 70.5 Å². The van der Waals surface area contributed by atoms with Gasteiger partial charge < -0.3 is 10.2 Å². The number of carbonyl (C=O) groups is 2. The highest BCUT2D eigenvalue weighted by molar-refractivity contribution is 7.99. The van der Waals surface area contributed by atoms with Crippen LogP contribution in [0.15, 0.2) is 48.5 Å². The van der Waals surface area contributed by atoms with Crippen molar-refractivity contribution in [2.45, 2.75) is 51.4 Å². The molecule has 2 aromatic carbocycles. The lowest BCUT2D eigenvalue weighted by Crippen LogP contribution is -2.49. The molecule has 0 unspecified atom stereocenters. The van der Waals surface area contributed by atoms with E-state index in [1.165, 1.54) is 23.9 Å². The average molecular weight is 465 g/mol. The van der Waals surface area contributed by atoms with Gasteiger partial charge in [0.05, 0.1) is 5.75 Å². The maximum absolute atomic E-state index is 13.3. The van der Waals surface area contributed by atoms with E-state index in [1.54, 1.807) is 17.0 Å².